The number of ketones is 1. The summed E-state index contributed by atoms with van der Waals surface area (Å²) in [6.07, 6.45) is 9.40. The van der Waals surface area contributed by atoms with Gasteiger partial charge in [0.25, 0.3) is 0 Å². The molecule has 2 aliphatic rings. The monoisotopic (exact) mass is 704 g/mol. The minimum atomic E-state index is -1.45. The van der Waals surface area contributed by atoms with Gasteiger partial charge in [0, 0.05) is 33.6 Å². The quantitative estimate of drug-likeness (QED) is 0.0957. The predicted molar refractivity (Wildman–Crippen MR) is 192 cm³/mol. The first kappa shape index (κ1) is 40.9. The Bertz CT molecular complexity index is 1600. The third-order valence-electron chi connectivity index (χ3n) is 8.97. The average Bonchev–Trinajstić information content (AvgIpc) is 3.03. The molecule has 5 atom stereocenters. The highest BCUT2D eigenvalue weighted by molar-refractivity contribution is 5.92. The summed E-state index contributed by atoms with van der Waals surface area (Å²) in [6.45, 7) is 14.2. The Labute approximate surface area is 301 Å². The van der Waals surface area contributed by atoms with Gasteiger partial charge in [-0.2, -0.15) is 0 Å². The van der Waals surface area contributed by atoms with E-state index < -0.39 is 54.4 Å². The van der Waals surface area contributed by atoms with Gasteiger partial charge in [-0.1, -0.05) is 79.6 Å². The van der Waals surface area contributed by atoms with Crippen molar-refractivity contribution in [1.29, 1.82) is 0 Å². The van der Waals surface area contributed by atoms with E-state index in [9.17, 15) is 24.0 Å². The second-order valence-corrected chi connectivity index (χ2v) is 13.9. The summed E-state index contributed by atoms with van der Waals surface area (Å²) in [4.78, 5) is 61.6. The lowest BCUT2D eigenvalue weighted by Crippen LogP contribution is -2.63. The van der Waals surface area contributed by atoms with Crippen molar-refractivity contribution in [1.82, 2.24) is 0 Å². The van der Waals surface area contributed by atoms with Crippen molar-refractivity contribution in [3.05, 3.63) is 94.1 Å². The summed E-state index contributed by atoms with van der Waals surface area (Å²) in [5.41, 5.74) is 6.54. The Morgan fingerprint density at radius 1 is 0.824 bits per heavy atom. The van der Waals surface area contributed by atoms with E-state index in [1.807, 2.05) is 37.3 Å². The largest absolute Gasteiger partial charge is 0.467 e. The van der Waals surface area contributed by atoms with Crippen LogP contribution in [0.4, 0.5) is 0 Å². The molecule has 1 aromatic rings. The smallest absolute Gasteiger partial charge is 0.339 e. The van der Waals surface area contributed by atoms with Gasteiger partial charge in [0.15, 0.2) is 30.2 Å². The molecule has 2 unspecified atom stereocenters. The number of hydrogen-bond acceptors (Lipinski definition) is 10. The fourth-order valence-electron chi connectivity index (χ4n) is 6.58. The Kier molecular flexibility index (Phi) is 14.9. The van der Waals surface area contributed by atoms with Crippen LogP contribution in [0, 0.1) is 5.41 Å². The van der Waals surface area contributed by atoms with Crippen molar-refractivity contribution < 1.29 is 47.7 Å². The number of rotatable bonds is 13. The van der Waals surface area contributed by atoms with E-state index in [4.69, 9.17) is 23.7 Å². The number of hydrogen-bond donors (Lipinski definition) is 0. The average molecular weight is 705 g/mol. The standard InChI is InChI=1S/C41H52O10/c1-25(15-20-34-27(3)14-11-21-41(34,7)8)12-10-13-26(2)22-33(45)23-31-16-18-32(19-17-31)24-35-36(48-28(4)42)37(49-29(5)43)38(50-30(6)44)39(51-35)40(46)47-9/h10,12-13,15-20,22,35-39H,11,14,21,23-24H2,1-9H3/t35-,36?,37+,38-,39?/m0/s1. The number of ether oxygens (including phenoxy) is 5. The zero-order valence-electron chi connectivity index (χ0n) is 31.3. The van der Waals surface area contributed by atoms with E-state index in [1.165, 1.54) is 30.9 Å². The summed E-state index contributed by atoms with van der Waals surface area (Å²) in [5.74, 6) is -3.10. The van der Waals surface area contributed by atoms with Crippen LogP contribution in [-0.2, 0) is 60.5 Å². The summed E-state index contributed by atoms with van der Waals surface area (Å²) >= 11 is 0. The van der Waals surface area contributed by atoms with Gasteiger partial charge in [-0.25, -0.2) is 4.79 Å². The lowest BCUT2D eigenvalue weighted by Gasteiger charge is -2.43. The van der Waals surface area contributed by atoms with Crippen LogP contribution in [0.25, 0.3) is 0 Å². The van der Waals surface area contributed by atoms with E-state index >= 15 is 0 Å². The van der Waals surface area contributed by atoms with E-state index in [0.29, 0.717) is 0 Å². The SMILES string of the molecule is COC(=O)C1O[C@@H](Cc2ccc(CC(=O)C=C(C)C=CC=C(C)C=CC3=C(C)CCCC3(C)C)cc2)C(OC(C)=O)[C@@H](OC(C)=O)[C@@H]1OC(C)=O. The Balaban J connectivity index is 1.70. The number of methoxy groups -OCH3 is 1. The maximum absolute atomic E-state index is 12.9. The molecule has 0 amide bonds. The van der Waals surface area contributed by atoms with Crippen LogP contribution >= 0.6 is 0 Å². The highest BCUT2D eigenvalue weighted by atomic mass is 16.7. The van der Waals surface area contributed by atoms with Crippen LogP contribution < -0.4 is 0 Å². The number of carbonyl (C=O) groups is 5. The maximum Gasteiger partial charge on any atom is 0.339 e. The number of benzene rings is 1. The summed E-state index contributed by atoms with van der Waals surface area (Å²) in [6, 6.07) is 7.21. The van der Waals surface area contributed by atoms with Gasteiger partial charge in [-0.05, 0) is 73.8 Å². The Morgan fingerprint density at radius 2 is 1.41 bits per heavy atom. The molecule has 10 nitrogen and oxygen atoms in total. The molecular formula is C41H52O10. The van der Waals surface area contributed by atoms with Crippen molar-refractivity contribution >= 4 is 29.7 Å². The molecule has 1 saturated heterocycles. The zero-order chi connectivity index (χ0) is 37.9. The fourth-order valence-corrected chi connectivity index (χ4v) is 6.58. The fraction of sp³-hybridized carbons (Fsp3) is 0.488. The van der Waals surface area contributed by atoms with Crippen LogP contribution in [-0.4, -0.2) is 67.3 Å². The van der Waals surface area contributed by atoms with Crippen molar-refractivity contribution in [2.24, 2.45) is 5.41 Å². The van der Waals surface area contributed by atoms with E-state index in [0.717, 1.165) is 49.7 Å². The van der Waals surface area contributed by atoms with Crippen LogP contribution in [0.1, 0.15) is 85.8 Å². The molecule has 0 saturated carbocycles. The first-order valence-electron chi connectivity index (χ1n) is 17.3. The van der Waals surface area contributed by atoms with Crippen molar-refractivity contribution in [3.8, 4) is 0 Å². The molecule has 0 N–H and O–H groups in total. The van der Waals surface area contributed by atoms with Gasteiger partial charge in [-0.3, -0.25) is 19.2 Å². The summed E-state index contributed by atoms with van der Waals surface area (Å²) < 4.78 is 27.2. The molecular weight excluding hydrogens is 652 g/mol. The highest BCUT2D eigenvalue weighted by Crippen LogP contribution is 2.40. The first-order chi connectivity index (χ1) is 24.0. The first-order valence-corrected chi connectivity index (χ1v) is 17.3. The second kappa shape index (κ2) is 18.6. The van der Waals surface area contributed by atoms with Crippen molar-refractivity contribution in [3.63, 3.8) is 0 Å². The molecule has 0 spiro atoms. The van der Waals surface area contributed by atoms with Gasteiger partial charge in [-0.15, -0.1) is 0 Å². The van der Waals surface area contributed by atoms with Gasteiger partial charge < -0.3 is 23.7 Å². The number of esters is 4. The predicted octanol–water partition coefficient (Wildman–Crippen LogP) is 6.61. The molecule has 10 heteroatoms. The van der Waals surface area contributed by atoms with E-state index in [1.54, 1.807) is 18.2 Å². The van der Waals surface area contributed by atoms with Crippen molar-refractivity contribution in [2.75, 3.05) is 7.11 Å². The molecule has 0 aromatic heterocycles. The molecule has 3 rings (SSSR count). The minimum Gasteiger partial charge on any atom is -0.467 e. The van der Waals surface area contributed by atoms with Crippen LogP contribution in [0.2, 0.25) is 0 Å². The topological polar surface area (TPSA) is 132 Å². The minimum absolute atomic E-state index is 0.0559. The lowest BCUT2D eigenvalue weighted by atomic mass is 9.72. The summed E-state index contributed by atoms with van der Waals surface area (Å²) in [5, 5.41) is 0. The molecule has 1 heterocycles. The molecule has 0 bridgehead atoms. The normalized spacial score (nSPS) is 24.0. The van der Waals surface area contributed by atoms with Crippen LogP contribution in [0.3, 0.4) is 0 Å². The second-order valence-electron chi connectivity index (χ2n) is 13.9. The zero-order valence-corrected chi connectivity index (χ0v) is 31.3. The third-order valence-corrected chi connectivity index (χ3v) is 8.97. The molecule has 276 valence electrons. The number of carbonyl (C=O) groups excluding carboxylic acids is 5. The van der Waals surface area contributed by atoms with Gasteiger partial charge >= 0.3 is 23.9 Å². The van der Waals surface area contributed by atoms with Crippen LogP contribution in [0.15, 0.2) is 83.0 Å². The van der Waals surface area contributed by atoms with Crippen molar-refractivity contribution in [2.45, 2.75) is 118 Å². The highest BCUT2D eigenvalue weighted by Gasteiger charge is 2.54. The molecule has 1 aliphatic carbocycles. The lowest BCUT2D eigenvalue weighted by molar-refractivity contribution is -0.248. The third kappa shape index (κ3) is 12.3. The van der Waals surface area contributed by atoms with Gasteiger partial charge in [0.2, 0.25) is 0 Å². The van der Waals surface area contributed by atoms with Gasteiger partial charge in [0.05, 0.1) is 7.11 Å². The number of allylic oxidation sites excluding steroid dienone is 10. The molecule has 51 heavy (non-hydrogen) atoms. The van der Waals surface area contributed by atoms with E-state index in [2.05, 4.69) is 39.8 Å². The Hall–Kier alpha value is -4.57. The molecule has 1 aromatic carbocycles. The molecule has 0 radical (unpaired) electrons. The summed E-state index contributed by atoms with van der Waals surface area (Å²) in [7, 11) is 1.14. The van der Waals surface area contributed by atoms with Crippen LogP contribution in [0.5, 0.6) is 0 Å². The van der Waals surface area contributed by atoms with Gasteiger partial charge in [0.1, 0.15) is 6.10 Å². The molecule has 1 fully saturated rings. The molecule has 1 aliphatic heterocycles. The Morgan fingerprint density at radius 3 is 2.00 bits per heavy atom. The maximum atomic E-state index is 12.9. The van der Waals surface area contributed by atoms with E-state index in [-0.39, 0.29) is 24.0 Å².